The van der Waals surface area contributed by atoms with Gasteiger partial charge in [0, 0.05) is 6.42 Å². The van der Waals surface area contributed by atoms with E-state index in [0.29, 0.717) is 18.0 Å². The third-order valence-corrected chi connectivity index (χ3v) is 3.52. The molecule has 1 aromatic rings. The maximum Gasteiger partial charge on any atom is 0.147 e. The van der Waals surface area contributed by atoms with E-state index in [1.165, 1.54) is 11.1 Å². The topological polar surface area (TPSA) is 17.1 Å². The highest BCUT2D eigenvalue weighted by atomic mass is 32.2. The van der Waals surface area contributed by atoms with Crippen molar-refractivity contribution >= 4 is 17.5 Å². The zero-order valence-electron chi connectivity index (χ0n) is 10.4. The Morgan fingerprint density at radius 2 is 1.81 bits per heavy atom. The fourth-order valence-electron chi connectivity index (χ4n) is 1.78. The zero-order chi connectivity index (χ0) is 12.0. The standard InChI is InChI=1S/C14H20OS/c1-4-5-16-10-14(15)9-13-7-11(2)6-12(3)8-13/h6-8H,4-5,9-10H2,1-3H3. The lowest BCUT2D eigenvalue weighted by Crippen LogP contribution is -2.06. The summed E-state index contributed by atoms with van der Waals surface area (Å²) in [7, 11) is 0. The van der Waals surface area contributed by atoms with Gasteiger partial charge < -0.3 is 0 Å². The highest BCUT2D eigenvalue weighted by Gasteiger charge is 2.04. The zero-order valence-corrected chi connectivity index (χ0v) is 11.2. The number of ketones is 1. The molecule has 0 saturated carbocycles. The maximum absolute atomic E-state index is 11.7. The Balaban J connectivity index is 2.49. The lowest BCUT2D eigenvalue weighted by molar-refractivity contribution is -0.115. The van der Waals surface area contributed by atoms with Crippen molar-refractivity contribution in [2.45, 2.75) is 33.6 Å². The largest absolute Gasteiger partial charge is 0.298 e. The van der Waals surface area contributed by atoms with E-state index in [4.69, 9.17) is 0 Å². The van der Waals surface area contributed by atoms with Crippen LogP contribution in [0.5, 0.6) is 0 Å². The molecule has 0 unspecified atom stereocenters. The summed E-state index contributed by atoms with van der Waals surface area (Å²) in [5.74, 6) is 2.07. The summed E-state index contributed by atoms with van der Waals surface area (Å²) >= 11 is 1.74. The second-order valence-electron chi connectivity index (χ2n) is 4.26. The van der Waals surface area contributed by atoms with E-state index < -0.39 is 0 Å². The number of hydrogen-bond acceptors (Lipinski definition) is 2. The lowest BCUT2D eigenvalue weighted by atomic mass is 10.0. The number of thioether (sulfide) groups is 1. The second kappa shape index (κ2) is 6.74. The van der Waals surface area contributed by atoms with Gasteiger partial charge in [-0.25, -0.2) is 0 Å². The van der Waals surface area contributed by atoms with Crippen molar-refractivity contribution in [3.63, 3.8) is 0 Å². The van der Waals surface area contributed by atoms with Gasteiger partial charge in [-0.3, -0.25) is 4.79 Å². The molecule has 0 atom stereocenters. The third-order valence-electron chi connectivity index (χ3n) is 2.29. The summed E-state index contributed by atoms with van der Waals surface area (Å²) in [5.41, 5.74) is 3.63. The number of benzene rings is 1. The SMILES string of the molecule is CCCSCC(=O)Cc1cc(C)cc(C)c1. The van der Waals surface area contributed by atoms with Gasteiger partial charge in [-0.1, -0.05) is 36.2 Å². The molecule has 16 heavy (non-hydrogen) atoms. The third kappa shape index (κ3) is 4.84. The molecule has 0 N–H and O–H groups in total. The number of rotatable bonds is 6. The van der Waals surface area contributed by atoms with Crippen LogP contribution >= 0.6 is 11.8 Å². The van der Waals surface area contributed by atoms with Gasteiger partial charge in [0.15, 0.2) is 0 Å². The van der Waals surface area contributed by atoms with Crippen LogP contribution in [0.25, 0.3) is 0 Å². The molecule has 0 aromatic heterocycles. The molecule has 1 nitrogen and oxygen atoms in total. The molecule has 0 radical (unpaired) electrons. The number of hydrogen-bond donors (Lipinski definition) is 0. The van der Waals surface area contributed by atoms with Crippen molar-refractivity contribution in [3.8, 4) is 0 Å². The molecule has 0 aliphatic heterocycles. The number of Topliss-reactive ketones (excluding diaryl/α,β-unsaturated/α-hetero) is 1. The summed E-state index contributed by atoms with van der Waals surface area (Å²) < 4.78 is 0. The van der Waals surface area contributed by atoms with Gasteiger partial charge in [-0.2, -0.15) is 11.8 Å². The Kier molecular flexibility index (Phi) is 5.61. The molecule has 0 heterocycles. The van der Waals surface area contributed by atoms with Crippen LogP contribution in [0.2, 0.25) is 0 Å². The van der Waals surface area contributed by atoms with Gasteiger partial charge in [-0.05, 0) is 31.6 Å². The Labute approximate surface area is 103 Å². The van der Waals surface area contributed by atoms with Gasteiger partial charge in [0.1, 0.15) is 5.78 Å². The highest BCUT2D eigenvalue weighted by Crippen LogP contribution is 2.11. The number of carbonyl (C=O) groups excluding carboxylic acids is 1. The summed E-state index contributed by atoms with van der Waals surface area (Å²) in [6, 6.07) is 6.35. The average Bonchev–Trinajstić information content (AvgIpc) is 2.16. The quantitative estimate of drug-likeness (QED) is 0.703. The molecular formula is C14H20OS. The molecule has 0 bridgehead atoms. The molecule has 2 heteroatoms. The van der Waals surface area contributed by atoms with E-state index in [9.17, 15) is 4.79 Å². The molecule has 0 fully saturated rings. The predicted octanol–water partition coefficient (Wildman–Crippen LogP) is 3.56. The summed E-state index contributed by atoms with van der Waals surface area (Å²) in [6.07, 6.45) is 1.72. The number of aryl methyl sites for hydroxylation is 2. The summed E-state index contributed by atoms with van der Waals surface area (Å²) in [5, 5.41) is 0. The Bertz CT molecular complexity index is 338. The minimum Gasteiger partial charge on any atom is -0.298 e. The molecule has 0 saturated heterocycles. The van der Waals surface area contributed by atoms with E-state index in [-0.39, 0.29) is 0 Å². The first-order valence-electron chi connectivity index (χ1n) is 5.78. The van der Waals surface area contributed by atoms with Crippen LogP contribution in [0, 0.1) is 13.8 Å². The van der Waals surface area contributed by atoms with E-state index >= 15 is 0 Å². The van der Waals surface area contributed by atoms with Crippen molar-refractivity contribution in [1.82, 2.24) is 0 Å². The van der Waals surface area contributed by atoms with Crippen LogP contribution in [0.15, 0.2) is 18.2 Å². The average molecular weight is 236 g/mol. The van der Waals surface area contributed by atoms with Gasteiger partial charge in [-0.15, -0.1) is 0 Å². The number of carbonyl (C=O) groups is 1. The van der Waals surface area contributed by atoms with Gasteiger partial charge in [0.2, 0.25) is 0 Å². The lowest BCUT2D eigenvalue weighted by Gasteiger charge is -2.04. The van der Waals surface area contributed by atoms with E-state index in [0.717, 1.165) is 17.7 Å². The second-order valence-corrected chi connectivity index (χ2v) is 5.37. The van der Waals surface area contributed by atoms with Crippen molar-refractivity contribution in [2.24, 2.45) is 0 Å². The minimum absolute atomic E-state index is 0.337. The van der Waals surface area contributed by atoms with E-state index in [1.54, 1.807) is 11.8 Å². The first-order chi connectivity index (χ1) is 7.61. The van der Waals surface area contributed by atoms with Crippen molar-refractivity contribution in [3.05, 3.63) is 34.9 Å². The highest BCUT2D eigenvalue weighted by molar-refractivity contribution is 7.99. The molecule has 0 aliphatic rings. The normalized spacial score (nSPS) is 10.4. The van der Waals surface area contributed by atoms with Crippen LogP contribution in [0.1, 0.15) is 30.0 Å². The van der Waals surface area contributed by atoms with Crippen LogP contribution in [0.3, 0.4) is 0 Å². The van der Waals surface area contributed by atoms with Crippen molar-refractivity contribution < 1.29 is 4.79 Å². The molecule has 0 amide bonds. The molecular weight excluding hydrogens is 216 g/mol. The molecule has 0 aliphatic carbocycles. The predicted molar refractivity (Wildman–Crippen MR) is 72.2 cm³/mol. The van der Waals surface area contributed by atoms with Crippen LogP contribution in [-0.4, -0.2) is 17.3 Å². The van der Waals surface area contributed by atoms with Gasteiger partial charge in [0.05, 0.1) is 5.75 Å². The summed E-state index contributed by atoms with van der Waals surface area (Å²) in [4.78, 5) is 11.7. The fourth-order valence-corrected chi connectivity index (χ4v) is 2.54. The molecule has 1 rings (SSSR count). The Morgan fingerprint density at radius 1 is 1.19 bits per heavy atom. The smallest absolute Gasteiger partial charge is 0.147 e. The first-order valence-corrected chi connectivity index (χ1v) is 6.94. The van der Waals surface area contributed by atoms with Crippen LogP contribution in [0.4, 0.5) is 0 Å². The maximum atomic E-state index is 11.7. The Hall–Kier alpha value is -0.760. The monoisotopic (exact) mass is 236 g/mol. The van der Waals surface area contributed by atoms with Crippen LogP contribution < -0.4 is 0 Å². The van der Waals surface area contributed by atoms with Crippen LogP contribution in [-0.2, 0) is 11.2 Å². The first kappa shape index (κ1) is 13.3. The van der Waals surface area contributed by atoms with Gasteiger partial charge in [0.25, 0.3) is 0 Å². The van der Waals surface area contributed by atoms with Crippen molar-refractivity contribution in [1.29, 1.82) is 0 Å². The Morgan fingerprint density at radius 3 is 2.38 bits per heavy atom. The molecule has 0 spiro atoms. The van der Waals surface area contributed by atoms with E-state index in [2.05, 4.69) is 39.0 Å². The molecule has 1 aromatic carbocycles. The minimum atomic E-state index is 0.337. The van der Waals surface area contributed by atoms with E-state index in [1.807, 2.05) is 0 Å². The fraction of sp³-hybridized carbons (Fsp3) is 0.500. The summed E-state index contributed by atoms with van der Waals surface area (Å²) in [6.45, 7) is 6.29. The molecule has 88 valence electrons. The van der Waals surface area contributed by atoms with Crippen molar-refractivity contribution in [2.75, 3.05) is 11.5 Å². The van der Waals surface area contributed by atoms with Gasteiger partial charge >= 0.3 is 0 Å².